The number of carboxylic acids is 1. The number of aromatic amines is 1. The normalized spacial score (nSPS) is 10.1. The molecule has 1 aromatic heterocycles. The molecule has 0 aliphatic carbocycles. The summed E-state index contributed by atoms with van der Waals surface area (Å²) < 4.78 is 0. The van der Waals surface area contributed by atoms with E-state index in [9.17, 15) is 9.59 Å². The van der Waals surface area contributed by atoms with E-state index in [0.717, 1.165) is 12.2 Å². The van der Waals surface area contributed by atoms with Gasteiger partial charge in [-0.2, -0.15) is 5.10 Å². The van der Waals surface area contributed by atoms with Crippen LogP contribution in [0.25, 0.3) is 0 Å². The molecule has 8 nitrogen and oxygen atoms in total. The average molecular weight is 289 g/mol. The van der Waals surface area contributed by atoms with Crippen molar-refractivity contribution in [1.29, 1.82) is 0 Å². The zero-order valence-corrected chi connectivity index (χ0v) is 11.2. The lowest BCUT2D eigenvalue weighted by Crippen LogP contribution is -2.29. The lowest BCUT2D eigenvalue weighted by Gasteiger charge is -2.07. The Morgan fingerprint density at radius 2 is 2.00 bits per heavy atom. The van der Waals surface area contributed by atoms with Crippen LogP contribution in [-0.2, 0) is 6.42 Å². The zero-order chi connectivity index (χ0) is 15.1. The first-order chi connectivity index (χ1) is 10.1. The number of hydrogen-bond acceptors (Lipinski definition) is 4. The standard InChI is InChI=1S/C13H15N5O3/c19-12(20)9-3-5-10(6-4-9)17-13(21)14-7-1-2-11-15-8-16-18-11/h3-6,8H,1-2,7H2,(H,19,20)(H2,14,17,21)(H,15,16,18). The van der Waals surface area contributed by atoms with Crippen LogP contribution in [0.15, 0.2) is 30.6 Å². The number of aromatic carboxylic acids is 1. The third kappa shape index (κ3) is 4.60. The van der Waals surface area contributed by atoms with Crippen molar-refractivity contribution >= 4 is 17.7 Å². The lowest BCUT2D eigenvalue weighted by molar-refractivity contribution is 0.0697. The highest BCUT2D eigenvalue weighted by molar-refractivity contribution is 5.91. The van der Waals surface area contributed by atoms with E-state index in [0.29, 0.717) is 18.7 Å². The third-order valence-electron chi connectivity index (χ3n) is 2.73. The quantitative estimate of drug-likeness (QED) is 0.597. The summed E-state index contributed by atoms with van der Waals surface area (Å²) in [5.41, 5.74) is 0.709. The van der Waals surface area contributed by atoms with Gasteiger partial charge >= 0.3 is 12.0 Å². The van der Waals surface area contributed by atoms with Crippen LogP contribution < -0.4 is 10.6 Å². The minimum atomic E-state index is -1.00. The molecule has 110 valence electrons. The number of carboxylic acid groups (broad SMARTS) is 1. The van der Waals surface area contributed by atoms with Crippen LogP contribution in [0.2, 0.25) is 0 Å². The van der Waals surface area contributed by atoms with Crippen LogP contribution in [-0.4, -0.2) is 38.8 Å². The molecule has 0 aliphatic rings. The number of rotatable bonds is 6. The second-order valence-corrected chi connectivity index (χ2v) is 4.30. The number of benzene rings is 1. The highest BCUT2D eigenvalue weighted by atomic mass is 16.4. The number of amides is 2. The molecule has 2 amide bonds. The molecule has 0 radical (unpaired) electrons. The van der Waals surface area contributed by atoms with Crippen LogP contribution >= 0.6 is 0 Å². The molecule has 0 spiro atoms. The Bertz CT molecular complexity index is 595. The summed E-state index contributed by atoms with van der Waals surface area (Å²) >= 11 is 0. The molecule has 4 N–H and O–H groups in total. The number of aromatic nitrogens is 3. The van der Waals surface area contributed by atoms with Gasteiger partial charge in [-0.3, -0.25) is 5.10 Å². The fraction of sp³-hybridized carbons (Fsp3) is 0.231. The Balaban J connectivity index is 1.70. The summed E-state index contributed by atoms with van der Waals surface area (Å²) in [4.78, 5) is 26.3. The molecule has 0 saturated heterocycles. The van der Waals surface area contributed by atoms with Gasteiger partial charge in [-0.1, -0.05) is 0 Å². The van der Waals surface area contributed by atoms with Gasteiger partial charge in [0.25, 0.3) is 0 Å². The fourth-order valence-corrected chi connectivity index (χ4v) is 1.68. The number of nitrogens with one attached hydrogen (secondary N) is 3. The van der Waals surface area contributed by atoms with Crippen molar-refractivity contribution in [3.8, 4) is 0 Å². The molecule has 0 saturated carbocycles. The molecule has 0 bridgehead atoms. The van der Waals surface area contributed by atoms with Crippen molar-refractivity contribution in [2.45, 2.75) is 12.8 Å². The van der Waals surface area contributed by atoms with E-state index in [2.05, 4.69) is 25.8 Å². The van der Waals surface area contributed by atoms with Crippen LogP contribution in [0.1, 0.15) is 22.6 Å². The molecule has 2 aromatic rings. The summed E-state index contributed by atoms with van der Waals surface area (Å²) in [6, 6.07) is 5.61. The van der Waals surface area contributed by atoms with Crippen molar-refractivity contribution in [3.05, 3.63) is 42.0 Å². The topological polar surface area (TPSA) is 120 Å². The highest BCUT2D eigenvalue weighted by Gasteiger charge is 2.04. The van der Waals surface area contributed by atoms with Gasteiger partial charge in [0.05, 0.1) is 5.56 Å². The molecule has 0 atom stereocenters. The van der Waals surface area contributed by atoms with Crippen molar-refractivity contribution in [2.24, 2.45) is 0 Å². The zero-order valence-electron chi connectivity index (χ0n) is 11.2. The van der Waals surface area contributed by atoms with Gasteiger partial charge in [0.2, 0.25) is 0 Å². The highest BCUT2D eigenvalue weighted by Crippen LogP contribution is 2.09. The van der Waals surface area contributed by atoms with Gasteiger partial charge in [-0.25, -0.2) is 14.6 Å². The summed E-state index contributed by atoms with van der Waals surface area (Å²) in [7, 11) is 0. The van der Waals surface area contributed by atoms with Gasteiger partial charge in [0.1, 0.15) is 12.2 Å². The number of nitrogens with zero attached hydrogens (tertiary/aromatic N) is 2. The van der Waals surface area contributed by atoms with Gasteiger partial charge in [-0.15, -0.1) is 0 Å². The van der Waals surface area contributed by atoms with Gasteiger partial charge in [-0.05, 0) is 30.7 Å². The Morgan fingerprint density at radius 1 is 1.24 bits per heavy atom. The first-order valence-electron chi connectivity index (χ1n) is 6.37. The molecule has 8 heteroatoms. The van der Waals surface area contributed by atoms with Gasteiger partial charge < -0.3 is 15.7 Å². The second-order valence-electron chi connectivity index (χ2n) is 4.30. The summed E-state index contributed by atoms with van der Waals surface area (Å²) in [6.07, 6.45) is 2.88. The van der Waals surface area contributed by atoms with E-state index >= 15 is 0 Å². The minimum Gasteiger partial charge on any atom is -0.478 e. The number of aryl methyl sites for hydroxylation is 1. The largest absolute Gasteiger partial charge is 0.478 e. The van der Waals surface area contributed by atoms with E-state index < -0.39 is 5.97 Å². The van der Waals surface area contributed by atoms with E-state index in [1.54, 1.807) is 0 Å². The molecule has 1 aromatic carbocycles. The number of hydrogen-bond donors (Lipinski definition) is 4. The maximum Gasteiger partial charge on any atom is 0.335 e. The van der Waals surface area contributed by atoms with Crippen LogP contribution in [0, 0.1) is 0 Å². The van der Waals surface area contributed by atoms with Gasteiger partial charge in [0, 0.05) is 18.7 Å². The molecule has 0 aliphatic heterocycles. The van der Waals surface area contributed by atoms with Crippen LogP contribution in [0.3, 0.4) is 0 Å². The molecule has 1 heterocycles. The minimum absolute atomic E-state index is 0.174. The predicted octanol–water partition coefficient (Wildman–Crippen LogP) is 1.26. The van der Waals surface area contributed by atoms with E-state index in [1.165, 1.54) is 30.6 Å². The van der Waals surface area contributed by atoms with E-state index in [-0.39, 0.29) is 11.6 Å². The predicted molar refractivity (Wildman–Crippen MR) is 75.1 cm³/mol. The third-order valence-corrected chi connectivity index (χ3v) is 2.73. The van der Waals surface area contributed by atoms with Crippen molar-refractivity contribution in [2.75, 3.05) is 11.9 Å². The molecular formula is C13H15N5O3. The average Bonchev–Trinajstić information content (AvgIpc) is 2.97. The summed E-state index contributed by atoms with van der Waals surface area (Å²) in [6.45, 7) is 0.500. The van der Waals surface area contributed by atoms with E-state index in [4.69, 9.17) is 5.11 Å². The smallest absolute Gasteiger partial charge is 0.335 e. The summed E-state index contributed by atoms with van der Waals surface area (Å²) in [5.74, 6) is -0.222. The van der Waals surface area contributed by atoms with Crippen molar-refractivity contribution in [1.82, 2.24) is 20.5 Å². The van der Waals surface area contributed by atoms with Crippen molar-refractivity contribution < 1.29 is 14.7 Å². The number of anilines is 1. The second kappa shape index (κ2) is 7.04. The first kappa shape index (κ1) is 14.5. The SMILES string of the molecule is O=C(NCCCc1ncn[nH]1)Nc1ccc(C(=O)O)cc1. The molecule has 0 unspecified atom stereocenters. The van der Waals surface area contributed by atoms with Crippen LogP contribution in [0.5, 0.6) is 0 Å². The number of carbonyl (C=O) groups excluding carboxylic acids is 1. The Morgan fingerprint density at radius 3 is 2.62 bits per heavy atom. The molecule has 21 heavy (non-hydrogen) atoms. The van der Waals surface area contributed by atoms with Crippen molar-refractivity contribution in [3.63, 3.8) is 0 Å². The Hall–Kier alpha value is -2.90. The maximum absolute atomic E-state index is 11.6. The van der Waals surface area contributed by atoms with Gasteiger partial charge in [0.15, 0.2) is 0 Å². The lowest BCUT2D eigenvalue weighted by atomic mass is 10.2. The molecular weight excluding hydrogens is 274 g/mol. The number of urea groups is 1. The van der Waals surface area contributed by atoms with E-state index in [1.807, 2.05) is 0 Å². The Labute approximate surface area is 120 Å². The Kier molecular flexibility index (Phi) is 4.86. The number of carbonyl (C=O) groups is 2. The molecule has 2 rings (SSSR count). The fourth-order valence-electron chi connectivity index (χ4n) is 1.68. The number of H-pyrrole nitrogens is 1. The maximum atomic E-state index is 11.6. The van der Waals surface area contributed by atoms with Crippen LogP contribution in [0.4, 0.5) is 10.5 Å². The summed E-state index contributed by atoms with van der Waals surface area (Å²) in [5, 5.41) is 20.6. The first-order valence-corrected chi connectivity index (χ1v) is 6.37. The monoisotopic (exact) mass is 289 g/mol. The molecule has 0 fully saturated rings.